The van der Waals surface area contributed by atoms with Gasteiger partial charge in [-0.2, -0.15) is 0 Å². The quantitative estimate of drug-likeness (QED) is 0.863. The summed E-state index contributed by atoms with van der Waals surface area (Å²) in [5.74, 6) is 0.582. The Morgan fingerprint density at radius 2 is 2.33 bits per heavy atom. The number of rotatable bonds is 4. The van der Waals surface area contributed by atoms with E-state index < -0.39 is 5.54 Å². The molecule has 2 atom stereocenters. The van der Waals surface area contributed by atoms with Crippen molar-refractivity contribution in [1.82, 2.24) is 10.3 Å². The van der Waals surface area contributed by atoms with E-state index >= 15 is 0 Å². The molecule has 18 heavy (non-hydrogen) atoms. The molecule has 1 amide bonds. The van der Waals surface area contributed by atoms with Crippen LogP contribution >= 0.6 is 11.8 Å². The molecule has 1 fully saturated rings. The van der Waals surface area contributed by atoms with Gasteiger partial charge in [-0.3, -0.25) is 4.79 Å². The second kappa shape index (κ2) is 4.93. The highest BCUT2D eigenvalue weighted by molar-refractivity contribution is 7.99. The molecule has 1 aliphatic rings. The number of hydrogen-bond donors (Lipinski definition) is 2. The van der Waals surface area contributed by atoms with Crippen LogP contribution in [0, 0.1) is 13.8 Å². The Balaban J connectivity index is 2.03. The minimum atomic E-state index is -0.561. The van der Waals surface area contributed by atoms with Gasteiger partial charge in [0.25, 0.3) is 5.22 Å². The highest BCUT2D eigenvalue weighted by Gasteiger charge is 2.43. The fourth-order valence-corrected chi connectivity index (χ4v) is 3.56. The summed E-state index contributed by atoms with van der Waals surface area (Å²) in [4.78, 5) is 15.9. The number of nitrogens with two attached hydrogens (primary N) is 1. The third kappa shape index (κ3) is 2.40. The average molecular weight is 269 g/mol. The molecule has 1 heterocycles. The van der Waals surface area contributed by atoms with Crippen molar-refractivity contribution in [3.63, 3.8) is 0 Å². The maximum Gasteiger partial charge on any atom is 0.256 e. The van der Waals surface area contributed by atoms with E-state index in [1.807, 2.05) is 13.8 Å². The summed E-state index contributed by atoms with van der Waals surface area (Å²) < 4.78 is 5.55. The van der Waals surface area contributed by atoms with E-state index in [1.165, 1.54) is 0 Å². The number of oxazole rings is 1. The number of nitrogens with zero attached hydrogens (tertiary/aromatic N) is 1. The van der Waals surface area contributed by atoms with Gasteiger partial charge >= 0.3 is 0 Å². The maximum atomic E-state index is 11.5. The Labute approximate surface area is 111 Å². The number of primary amides is 1. The molecule has 0 radical (unpaired) electrons. The summed E-state index contributed by atoms with van der Waals surface area (Å²) in [6.45, 7) is 3.83. The zero-order chi connectivity index (χ0) is 13.3. The van der Waals surface area contributed by atoms with Crippen LogP contribution in [0.3, 0.4) is 0 Å². The van der Waals surface area contributed by atoms with Crippen molar-refractivity contribution in [2.24, 2.45) is 5.73 Å². The van der Waals surface area contributed by atoms with Crippen LogP contribution in [-0.4, -0.2) is 28.7 Å². The average Bonchev–Trinajstić information content (AvgIpc) is 2.85. The van der Waals surface area contributed by atoms with Crippen LogP contribution in [0.2, 0.25) is 0 Å². The number of nitrogens with one attached hydrogen (secondary N) is 1. The first kappa shape index (κ1) is 13.4. The van der Waals surface area contributed by atoms with Gasteiger partial charge in [0, 0.05) is 5.25 Å². The number of amides is 1. The van der Waals surface area contributed by atoms with E-state index in [4.69, 9.17) is 10.2 Å². The van der Waals surface area contributed by atoms with Crippen LogP contribution in [0.5, 0.6) is 0 Å². The summed E-state index contributed by atoms with van der Waals surface area (Å²) >= 11 is 1.60. The Hall–Kier alpha value is -1.01. The van der Waals surface area contributed by atoms with E-state index in [-0.39, 0.29) is 5.91 Å². The summed E-state index contributed by atoms with van der Waals surface area (Å²) in [5, 5.41) is 4.08. The van der Waals surface area contributed by atoms with Gasteiger partial charge in [-0.25, -0.2) is 4.98 Å². The number of thioether (sulfide) groups is 1. The molecule has 3 N–H and O–H groups in total. The first-order valence-corrected chi connectivity index (χ1v) is 6.94. The van der Waals surface area contributed by atoms with Crippen LogP contribution in [0.25, 0.3) is 0 Å². The molecular formula is C12H19N3O2S. The van der Waals surface area contributed by atoms with Gasteiger partial charge in [0.15, 0.2) is 0 Å². The maximum absolute atomic E-state index is 11.5. The molecule has 0 aliphatic heterocycles. The second-order valence-electron chi connectivity index (χ2n) is 4.80. The number of aromatic nitrogens is 1. The largest absolute Gasteiger partial charge is 0.437 e. The number of carbonyl (C=O) groups is 1. The molecule has 0 bridgehead atoms. The predicted octanol–water partition coefficient (Wildman–Crippen LogP) is 1.38. The summed E-state index contributed by atoms with van der Waals surface area (Å²) in [5.41, 5.74) is 5.84. The Morgan fingerprint density at radius 3 is 2.78 bits per heavy atom. The molecule has 100 valence electrons. The van der Waals surface area contributed by atoms with Crippen molar-refractivity contribution in [1.29, 1.82) is 0 Å². The molecule has 1 aliphatic carbocycles. The van der Waals surface area contributed by atoms with Gasteiger partial charge in [-0.05, 0) is 40.2 Å². The minimum Gasteiger partial charge on any atom is -0.437 e. The van der Waals surface area contributed by atoms with Crippen molar-refractivity contribution >= 4 is 17.7 Å². The molecule has 2 unspecified atom stereocenters. The van der Waals surface area contributed by atoms with Crippen LogP contribution in [-0.2, 0) is 4.79 Å². The van der Waals surface area contributed by atoms with Crippen LogP contribution < -0.4 is 11.1 Å². The number of likely N-dealkylation sites (N-methyl/N-ethyl adjacent to an activating group) is 1. The zero-order valence-electron chi connectivity index (χ0n) is 10.9. The fourth-order valence-electron chi connectivity index (χ4n) is 2.31. The van der Waals surface area contributed by atoms with Crippen LogP contribution in [0.15, 0.2) is 9.64 Å². The molecule has 1 aromatic heterocycles. The lowest BCUT2D eigenvalue weighted by atomic mass is 9.97. The van der Waals surface area contributed by atoms with Gasteiger partial charge < -0.3 is 15.5 Å². The molecule has 1 aromatic rings. The fraction of sp³-hybridized carbons (Fsp3) is 0.667. The van der Waals surface area contributed by atoms with Crippen molar-refractivity contribution in [3.8, 4) is 0 Å². The van der Waals surface area contributed by atoms with E-state index in [9.17, 15) is 4.79 Å². The third-order valence-corrected chi connectivity index (χ3v) is 4.81. The number of hydrogen-bond acceptors (Lipinski definition) is 5. The second-order valence-corrected chi connectivity index (χ2v) is 6.05. The molecule has 6 heteroatoms. The Bertz CT molecular complexity index is 441. The standard InChI is InChI=1S/C12H19N3O2S/c1-7-8(2)17-11(15-7)18-9-4-5-12(6-9,14-3)10(13)16/h9,14H,4-6H2,1-3H3,(H2,13,16). The molecule has 2 rings (SSSR count). The molecule has 5 nitrogen and oxygen atoms in total. The smallest absolute Gasteiger partial charge is 0.256 e. The molecular weight excluding hydrogens is 250 g/mol. The molecule has 0 saturated heterocycles. The van der Waals surface area contributed by atoms with Gasteiger partial charge in [0.05, 0.1) is 11.2 Å². The summed E-state index contributed by atoms with van der Waals surface area (Å²) in [7, 11) is 1.79. The van der Waals surface area contributed by atoms with Gasteiger partial charge in [0.1, 0.15) is 5.76 Å². The SMILES string of the molecule is CNC1(C(N)=O)CCC(Sc2nc(C)c(C)o2)C1. The van der Waals surface area contributed by atoms with E-state index in [2.05, 4.69) is 10.3 Å². The van der Waals surface area contributed by atoms with Gasteiger partial charge in [-0.1, -0.05) is 11.8 Å². The Kier molecular flexibility index (Phi) is 3.68. The lowest BCUT2D eigenvalue weighted by Crippen LogP contribution is -2.52. The highest BCUT2D eigenvalue weighted by atomic mass is 32.2. The van der Waals surface area contributed by atoms with Gasteiger partial charge in [0.2, 0.25) is 5.91 Å². The van der Waals surface area contributed by atoms with Crippen molar-refractivity contribution in [3.05, 3.63) is 11.5 Å². The third-order valence-electron chi connectivity index (χ3n) is 3.70. The molecule has 0 aromatic carbocycles. The Morgan fingerprint density at radius 1 is 1.61 bits per heavy atom. The normalized spacial score (nSPS) is 27.6. The predicted molar refractivity (Wildman–Crippen MR) is 70.5 cm³/mol. The lowest BCUT2D eigenvalue weighted by molar-refractivity contribution is -0.124. The zero-order valence-corrected chi connectivity index (χ0v) is 11.8. The molecule has 1 saturated carbocycles. The molecule has 0 spiro atoms. The van der Waals surface area contributed by atoms with Crippen LogP contribution in [0.1, 0.15) is 30.7 Å². The van der Waals surface area contributed by atoms with Gasteiger partial charge in [-0.15, -0.1) is 0 Å². The number of carbonyl (C=O) groups excluding carboxylic acids is 1. The lowest BCUT2D eigenvalue weighted by Gasteiger charge is -2.24. The van der Waals surface area contributed by atoms with Crippen LogP contribution in [0.4, 0.5) is 0 Å². The number of aryl methyl sites for hydroxylation is 2. The highest BCUT2D eigenvalue weighted by Crippen LogP contribution is 2.40. The van der Waals surface area contributed by atoms with E-state index in [0.29, 0.717) is 10.5 Å². The van der Waals surface area contributed by atoms with E-state index in [1.54, 1.807) is 18.8 Å². The monoisotopic (exact) mass is 269 g/mol. The van der Waals surface area contributed by atoms with E-state index in [0.717, 1.165) is 30.7 Å². The van der Waals surface area contributed by atoms with Crippen molar-refractivity contribution in [2.75, 3.05) is 7.05 Å². The van der Waals surface area contributed by atoms with Crippen molar-refractivity contribution in [2.45, 2.75) is 49.1 Å². The summed E-state index contributed by atoms with van der Waals surface area (Å²) in [6, 6.07) is 0. The topological polar surface area (TPSA) is 81.1 Å². The first-order chi connectivity index (χ1) is 8.47. The minimum absolute atomic E-state index is 0.270. The first-order valence-electron chi connectivity index (χ1n) is 6.06. The van der Waals surface area contributed by atoms with Crippen molar-refractivity contribution < 1.29 is 9.21 Å². The summed E-state index contributed by atoms with van der Waals surface area (Å²) in [6.07, 6.45) is 2.44.